The zero-order valence-corrected chi connectivity index (χ0v) is 16.1. The molecule has 1 rings (SSSR count). The van der Waals surface area contributed by atoms with Crippen molar-refractivity contribution in [3.63, 3.8) is 0 Å². The number of rotatable bonds is 14. The summed E-state index contributed by atoms with van der Waals surface area (Å²) in [6, 6.07) is 0. The SMILES string of the molecule is CCCCCCCC/C=C\CCCCCCC1OC(=O)C(C)OC1=O. The molecule has 0 N–H and O–H groups in total. The molecule has 1 saturated heterocycles. The summed E-state index contributed by atoms with van der Waals surface area (Å²) in [7, 11) is 0. The van der Waals surface area contributed by atoms with Gasteiger partial charge in [-0.25, -0.2) is 9.59 Å². The molecule has 144 valence electrons. The average Bonchev–Trinajstić information content (AvgIpc) is 2.59. The van der Waals surface area contributed by atoms with Gasteiger partial charge in [-0.2, -0.15) is 0 Å². The lowest BCUT2D eigenvalue weighted by molar-refractivity contribution is -0.193. The second-order valence-corrected chi connectivity index (χ2v) is 7.02. The third kappa shape index (κ3) is 10.3. The zero-order valence-electron chi connectivity index (χ0n) is 16.1. The first kappa shape index (κ1) is 21.7. The molecular formula is C21H36O4. The highest BCUT2D eigenvalue weighted by Gasteiger charge is 2.34. The molecule has 0 aromatic rings. The molecule has 25 heavy (non-hydrogen) atoms. The monoisotopic (exact) mass is 352 g/mol. The fourth-order valence-electron chi connectivity index (χ4n) is 2.98. The molecule has 2 atom stereocenters. The molecule has 0 aliphatic carbocycles. The minimum absolute atomic E-state index is 0.398. The van der Waals surface area contributed by atoms with Crippen molar-refractivity contribution < 1.29 is 19.1 Å². The number of esters is 2. The van der Waals surface area contributed by atoms with Crippen LogP contribution in [0.4, 0.5) is 0 Å². The number of carbonyl (C=O) groups is 2. The van der Waals surface area contributed by atoms with E-state index in [4.69, 9.17) is 9.47 Å². The Bertz CT molecular complexity index is 403. The molecule has 0 amide bonds. The van der Waals surface area contributed by atoms with Crippen molar-refractivity contribution in [2.24, 2.45) is 0 Å². The van der Waals surface area contributed by atoms with Gasteiger partial charge in [0.2, 0.25) is 0 Å². The van der Waals surface area contributed by atoms with E-state index in [2.05, 4.69) is 19.1 Å². The maximum atomic E-state index is 11.6. The van der Waals surface area contributed by atoms with Gasteiger partial charge in [-0.15, -0.1) is 0 Å². The summed E-state index contributed by atoms with van der Waals surface area (Å²) in [6.45, 7) is 3.79. The fraction of sp³-hybridized carbons (Fsp3) is 0.810. The van der Waals surface area contributed by atoms with E-state index in [9.17, 15) is 9.59 Å². The minimum Gasteiger partial charge on any atom is -0.448 e. The van der Waals surface area contributed by atoms with Crippen LogP contribution in [0.15, 0.2) is 12.2 Å². The van der Waals surface area contributed by atoms with Gasteiger partial charge in [-0.05, 0) is 45.4 Å². The quantitative estimate of drug-likeness (QED) is 0.236. The smallest absolute Gasteiger partial charge is 0.348 e. The van der Waals surface area contributed by atoms with Crippen molar-refractivity contribution in [3.8, 4) is 0 Å². The van der Waals surface area contributed by atoms with Crippen LogP contribution < -0.4 is 0 Å². The molecule has 4 heteroatoms. The topological polar surface area (TPSA) is 52.6 Å². The molecule has 4 nitrogen and oxygen atoms in total. The third-order valence-corrected chi connectivity index (χ3v) is 4.62. The van der Waals surface area contributed by atoms with Crippen molar-refractivity contribution in [1.29, 1.82) is 0 Å². The number of hydrogen-bond acceptors (Lipinski definition) is 4. The molecular weight excluding hydrogens is 316 g/mol. The first-order valence-electron chi connectivity index (χ1n) is 10.2. The molecule has 1 aliphatic heterocycles. The summed E-state index contributed by atoms with van der Waals surface area (Å²) in [5.41, 5.74) is 0. The summed E-state index contributed by atoms with van der Waals surface area (Å²) in [6.07, 6.45) is 18.5. The summed E-state index contributed by atoms with van der Waals surface area (Å²) in [4.78, 5) is 23.0. The van der Waals surface area contributed by atoms with Crippen molar-refractivity contribution in [1.82, 2.24) is 0 Å². The number of ether oxygens (including phenoxy) is 2. The summed E-state index contributed by atoms with van der Waals surface area (Å²) in [5.74, 6) is -0.829. The van der Waals surface area contributed by atoms with E-state index in [0.717, 1.165) is 25.7 Å². The predicted molar refractivity (Wildman–Crippen MR) is 100 cm³/mol. The molecule has 0 bridgehead atoms. The summed E-state index contributed by atoms with van der Waals surface area (Å²) < 4.78 is 10.1. The lowest BCUT2D eigenvalue weighted by Gasteiger charge is -2.25. The second-order valence-electron chi connectivity index (χ2n) is 7.02. The third-order valence-electron chi connectivity index (χ3n) is 4.62. The second kappa shape index (κ2) is 13.9. The highest BCUT2D eigenvalue weighted by atomic mass is 16.6. The van der Waals surface area contributed by atoms with Crippen molar-refractivity contribution >= 4 is 11.9 Å². The van der Waals surface area contributed by atoms with Gasteiger partial charge < -0.3 is 9.47 Å². The molecule has 0 aromatic carbocycles. The van der Waals surface area contributed by atoms with Gasteiger partial charge in [0.05, 0.1) is 0 Å². The van der Waals surface area contributed by atoms with Crippen molar-refractivity contribution in [2.45, 2.75) is 110 Å². The average molecular weight is 353 g/mol. The van der Waals surface area contributed by atoms with Crippen LogP contribution in [0.1, 0.15) is 97.3 Å². The van der Waals surface area contributed by atoms with Gasteiger partial charge in [0.25, 0.3) is 0 Å². The predicted octanol–water partition coefficient (Wildman–Crippen LogP) is 5.49. The Morgan fingerprint density at radius 3 is 1.96 bits per heavy atom. The van der Waals surface area contributed by atoms with E-state index >= 15 is 0 Å². The standard InChI is InChI=1S/C21H36O4/c1-3-4-5-6-7-8-9-10-11-12-13-14-15-16-17-19-21(23)24-18(2)20(22)25-19/h10-11,18-19H,3-9,12-17H2,1-2H3/b11-10-. The largest absolute Gasteiger partial charge is 0.448 e. The Morgan fingerprint density at radius 2 is 1.32 bits per heavy atom. The molecule has 0 saturated carbocycles. The Kier molecular flexibility index (Phi) is 12.1. The van der Waals surface area contributed by atoms with E-state index in [1.54, 1.807) is 0 Å². The first-order chi connectivity index (χ1) is 12.1. The summed E-state index contributed by atoms with van der Waals surface area (Å²) in [5, 5.41) is 0. The van der Waals surface area contributed by atoms with Gasteiger partial charge in [0.1, 0.15) is 0 Å². The highest BCUT2D eigenvalue weighted by Crippen LogP contribution is 2.17. The molecule has 0 aromatic heterocycles. The first-order valence-corrected chi connectivity index (χ1v) is 10.2. The van der Waals surface area contributed by atoms with Crippen LogP contribution in [0, 0.1) is 0 Å². The molecule has 0 spiro atoms. The number of unbranched alkanes of at least 4 members (excludes halogenated alkanes) is 10. The van der Waals surface area contributed by atoms with E-state index < -0.39 is 24.1 Å². The fourth-order valence-corrected chi connectivity index (χ4v) is 2.98. The lowest BCUT2D eigenvalue weighted by atomic mass is 10.1. The van der Waals surface area contributed by atoms with E-state index in [0.29, 0.717) is 6.42 Å². The molecule has 1 aliphatic rings. The van der Waals surface area contributed by atoms with Crippen molar-refractivity contribution in [2.75, 3.05) is 0 Å². The van der Waals surface area contributed by atoms with Crippen LogP contribution in [0.5, 0.6) is 0 Å². The van der Waals surface area contributed by atoms with Gasteiger partial charge in [-0.3, -0.25) is 0 Å². The van der Waals surface area contributed by atoms with Gasteiger partial charge in [-0.1, -0.05) is 64.0 Å². The number of carbonyl (C=O) groups excluding carboxylic acids is 2. The minimum atomic E-state index is -0.758. The summed E-state index contributed by atoms with van der Waals surface area (Å²) >= 11 is 0. The Labute approximate surface area is 153 Å². The van der Waals surface area contributed by atoms with E-state index in [1.807, 2.05) is 0 Å². The maximum Gasteiger partial charge on any atom is 0.348 e. The molecule has 1 heterocycles. The Morgan fingerprint density at radius 1 is 0.760 bits per heavy atom. The maximum absolute atomic E-state index is 11.6. The van der Waals surface area contributed by atoms with Crippen LogP contribution in [-0.4, -0.2) is 24.1 Å². The Balaban J connectivity index is 1.89. The molecule has 1 fully saturated rings. The number of cyclic esters (lactones) is 2. The normalized spacial score (nSPS) is 20.7. The van der Waals surface area contributed by atoms with Crippen LogP contribution in [0.2, 0.25) is 0 Å². The van der Waals surface area contributed by atoms with Gasteiger partial charge in [0, 0.05) is 0 Å². The van der Waals surface area contributed by atoms with Crippen LogP contribution in [-0.2, 0) is 19.1 Å². The van der Waals surface area contributed by atoms with E-state index in [-0.39, 0.29) is 0 Å². The van der Waals surface area contributed by atoms with Gasteiger partial charge in [0.15, 0.2) is 12.2 Å². The van der Waals surface area contributed by atoms with Gasteiger partial charge >= 0.3 is 11.9 Å². The zero-order chi connectivity index (χ0) is 18.3. The number of allylic oxidation sites excluding steroid dienone is 2. The molecule has 0 radical (unpaired) electrons. The van der Waals surface area contributed by atoms with Crippen LogP contribution in [0.25, 0.3) is 0 Å². The van der Waals surface area contributed by atoms with E-state index in [1.165, 1.54) is 58.3 Å². The Hall–Kier alpha value is -1.32. The lowest BCUT2D eigenvalue weighted by Crippen LogP contribution is -2.42. The van der Waals surface area contributed by atoms with Crippen molar-refractivity contribution in [3.05, 3.63) is 12.2 Å². The van der Waals surface area contributed by atoms with Crippen LogP contribution in [0.3, 0.4) is 0 Å². The molecule has 2 unspecified atom stereocenters. The highest BCUT2D eigenvalue weighted by molar-refractivity contribution is 5.87. The number of hydrogen-bond donors (Lipinski definition) is 0. The van der Waals surface area contributed by atoms with Crippen LogP contribution >= 0.6 is 0 Å².